The van der Waals surface area contributed by atoms with Gasteiger partial charge in [-0.25, -0.2) is 14.8 Å². The Morgan fingerprint density at radius 2 is 1.95 bits per heavy atom. The van der Waals surface area contributed by atoms with Crippen molar-refractivity contribution in [3.63, 3.8) is 0 Å². The topological polar surface area (TPSA) is 96.5 Å². The van der Waals surface area contributed by atoms with Crippen LogP contribution in [0, 0.1) is 5.92 Å². The number of para-hydroxylation sites is 2. The highest BCUT2D eigenvalue weighted by Crippen LogP contribution is 2.55. The number of carbonyl (C=O) groups is 2. The van der Waals surface area contributed by atoms with Crippen molar-refractivity contribution < 1.29 is 19.1 Å². The molecule has 0 bridgehead atoms. The van der Waals surface area contributed by atoms with Crippen LogP contribution >= 0.6 is 27.3 Å². The summed E-state index contributed by atoms with van der Waals surface area (Å²) in [6.07, 6.45) is 2.14. The standard InChI is InChI=1S/C30H32BrN3O4S/c1-17(2)15-30(28(36)37)16-19(25-33-21-11-6-7-12-22(21)38-25)24(26-32-13-14-39-26)34(30)27(35)18-9-8-10-20(31)23(18)29(3,4)5/h6-14,17,19,24H,15-16H2,1-5H3,(H,36,37)/t19-,24+,30-/m0/s1. The molecule has 0 spiro atoms. The number of hydrogen-bond donors (Lipinski definition) is 1. The van der Waals surface area contributed by atoms with E-state index in [1.165, 1.54) is 11.3 Å². The van der Waals surface area contributed by atoms with Crippen molar-refractivity contribution in [1.29, 1.82) is 0 Å². The maximum absolute atomic E-state index is 14.8. The molecule has 0 aliphatic carbocycles. The van der Waals surface area contributed by atoms with Crippen LogP contribution in [0.25, 0.3) is 11.1 Å². The summed E-state index contributed by atoms with van der Waals surface area (Å²) in [5.74, 6) is -1.42. The Bertz CT molecular complexity index is 1490. The number of halogens is 1. The van der Waals surface area contributed by atoms with Gasteiger partial charge in [0.15, 0.2) is 5.58 Å². The number of carbonyl (C=O) groups excluding carboxylic acids is 1. The highest BCUT2D eigenvalue weighted by molar-refractivity contribution is 9.10. The summed E-state index contributed by atoms with van der Waals surface area (Å²) in [6, 6.07) is 12.4. The molecule has 0 radical (unpaired) electrons. The largest absolute Gasteiger partial charge is 0.479 e. The molecule has 9 heteroatoms. The van der Waals surface area contributed by atoms with Crippen LogP contribution in [0.5, 0.6) is 0 Å². The molecule has 1 aliphatic rings. The van der Waals surface area contributed by atoms with Gasteiger partial charge in [-0.2, -0.15) is 0 Å². The number of oxazole rings is 1. The second-order valence-corrected chi connectivity index (χ2v) is 13.4. The van der Waals surface area contributed by atoms with Gasteiger partial charge in [-0.1, -0.05) is 68.7 Å². The zero-order valence-electron chi connectivity index (χ0n) is 22.6. The van der Waals surface area contributed by atoms with Gasteiger partial charge in [0.25, 0.3) is 5.91 Å². The fourth-order valence-corrected chi connectivity index (χ4v) is 7.76. The normalized spacial score (nSPS) is 21.7. The highest BCUT2D eigenvalue weighted by Gasteiger charge is 2.61. The van der Waals surface area contributed by atoms with Crippen LogP contribution in [-0.4, -0.2) is 37.4 Å². The molecule has 3 heterocycles. The lowest BCUT2D eigenvalue weighted by molar-refractivity contribution is -0.150. The molecule has 3 atom stereocenters. The zero-order valence-corrected chi connectivity index (χ0v) is 25.0. The number of likely N-dealkylation sites (tertiary alicyclic amines) is 1. The number of thiazole rings is 1. The number of fused-ring (bicyclic) bond motifs is 1. The lowest BCUT2D eigenvalue weighted by atomic mass is 9.81. The molecule has 0 saturated carbocycles. The Morgan fingerprint density at radius 3 is 2.56 bits per heavy atom. The minimum absolute atomic E-state index is 0.0142. The molecule has 2 aromatic heterocycles. The average molecular weight is 611 g/mol. The third-order valence-electron chi connectivity index (χ3n) is 7.37. The van der Waals surface area contributed by atoms with E-state index >= 15 is 0 Å². The third-order valence-corrected chi connectivity index (χ3v) is 8.87. The van der Waals surface area contributed by atoms with Crippen LogP contribution in [0.15, 0.2) is 62.9 Å². The number of hydrogen-bond acceptors (Lipinski definition) is 6. The van der Waals surface area contributed by atoms with Gasteiger partial charge >= 0.3 is 5.97 Å². The van der Waals surface area contributed by atoms with E-state index in [4.69, 9.17) is 9.40 Å². The number of rotatable bonds is 6. The predicted molar refractivity (Wildman–Crippen MR) is 155 cm³/mol. The number of carboxylic acid groups (broad SMARTS) is 1. The van der Waals surface area contributed by atoms with Crippen LogP contribution in [0.1, 0.15) is 86.2 Å². The first-order chi connectivity index (χ1) is 18.4. The highest BCUT2D eigenvalue weighted by atomic mass is 79.9. The molecule has 39 heavy (non-hydrogen) atoms. The van der Waals surface area contributed by atoms with Crippen molar-refractivity contribution in [1.82, 2.24) is 14.9 Å². The molecular weight excluding hydrogens is 578 g/mol. The Balaban J connectivity index is 1.77. The maximum atomic E-state index is 14.8. The van der Waals surface area contributed by atoms with Gasteiger partial charge in [-0.3, -0.25) is 4.79 Å². The minimum atomic E-state index is -1.48. The third kappa shape index (κ3) is 4.80. The average Bonchev–Trinajstić information content (AvgIpc) is 3.59. The van der Waals surface area contributed by atoms with E-state index < -0.39 is 23.5 Å². The van der Waals surface area contributed by atoms with Crippen LogP contribution in [-0.2, 0) is 10.2 Å². The number of aromatic nitrogens is 2. The van der Waals surface area contributed by atoms with Crippen molar-refractivity contribution in [2.45, 2.75) is 70.4 Å². The summed E-state index contributed by atoms with van der Waals surface area (Å²) in [5, 5.41) is 13.4. The second kappa shape index (κ2) is 10.2. The number of nitrogens with zero attached hydrogens (tertiary/aromatic N) is 3. The number of carboxylic acids is 1. The smallest absolute Gasteiger partial charge is 0.329 e. The van der Waals surface area contributed by atoms with Crippen molar-refractivity contribution in [3.8, 4) is 0 Å². The van der Waals surface area contributed by atoms with Gasteiger partial charge < -0.3 is 14.4 Å². The molecule has 1 aliphatic heterocycles. The van der Waals surface area contributed by atoms with Crippen molar-refractivity contribution in [2.24, 2.45) is 5.92 Å². The molecule has 7 nitrogen and oxygen atoms in total. The van der Waals surface area contributed by atoms with Crippen LogP contribution in [0.2, 0.25) is 0 Å². The summed E-state index contributed by atoms with van der Waals surface area (Å²) in [7, 11) is 0. The first kappa shape index (κ1) is 27.5. The van der Waals surface area contributed by atoms with Gasteiger partial charge in [0.05, 0.1) is 12.0 Å². The summed E-state index contributed by atoms with van der Waals surface area (Å²) in [5.41, 5.74) is 0.784. The van der Waals surface area contributed by atoms with E-state index in [-0.39, 0.29) is 30.1 Å². The zero-order chi connectivity index (χ0) is 28.1. The SMILES string of the molecule is CC(C)C[C@@]1(C(=O)O)C[C@H](c2nc3ccccc3o2)[C@H](c2nccs2)N1C(=O)c1cccc(Br)c1C(C)(C)C. The summed E-state index contributed by atoms with van der Waals surface area (Å²) in [4.78, 5) is 39.1. The first-order valence-corrected chi connectivity index (χ1v) is 14.7. The molecule has 1 amide bonds. The minimum Gasteiger partial charge on any atom is -0.479 e. The lowest BCUT2D eigenvalue weighted by Gasteiger charge is -2.39. The van der Waals surface area contributed by atoms with Crippen LogP contribution in [0.3, 0.4) is 0 Å². The fourth-order valence-electron chi connectivity index (χ4n) is 6.00. The fraction of sp³-hybridized carbons (Fsp3) is 0.400. The monoisotopic (exact) mass is 609 g/mol. The number of benzene rings is 2. The van der Waals surface area contributed by atoms with E-state index in [0.29, 0.717) is 27.6 Å². The lowest BCUT2D eigenvalue weighted by Crippen LogP contribution is -2.54. The molecule has 204 valence electrons. The molecule has 4 aromatic rings. The molecule has 1 N–H and O–H groups in total. The van der Waals surface area contributed by atoms with Gasteiger partial charge in [0.1, 0.15) is 16.1 Å². The summed E-state index contributed by atoms with van der Waals surface area (Å²) < 4.78 is 7.03. The molecule has 0 unspecified atom stereocenters. The van der Waals surface area contributed by atoms with E-state index in [1.807, 2.05) is 76.4 Å². The van der Waals surface area contributed by atoms with E-state index in [0.717, 1.165) is 10.0 Å². The van der Waals surface area contributed by atoms with Crippen molar-refractivity contribution >= 4 is 50.2 Å². The quantitative estimate of drug-likeness (QED) is 0.242. The van der Waals surface area contributed by atoms with Gasteiger partial charge in [-0.05, 0) is 54.0 Å². The van der Waals surface area contributed by atoms with Gasteiger partial charge in [-0.15, -0.1) is 11.3 Å². The van der Waals surface area contributed by atoms with E-state index in [9.17, 15) is 14.7 Å². The van der Waals surface area contributed by atoms with Crippen molar-refractivity contribution in [2.75, 3.05) is 0 Å². The Hall–Kier alpha value is -3.04. The summed E-state index contributed by atoms with van der Waals surface area (Å²) >= 11 is 5.07. The Morgan fingerprint density at radius 1 is 1.21 bits per heavy atom. The predicted octanol–water partition coefficient (Wildman–Crippen LogP) is 7.58. The van der Waals surface area contributed by atoms with Crippen LogP contribution < -0.4 is 0 Å². The number of amides is 1. The summed E-state index contributed by atoms with van der Waals surface area (Å²) in [6.45, 7) is 10.1. The van der Waals surface area contributed by atoms with Gasteiger partial charge in [0, 0.05) is 21.6 Å². The molecule has 2 aromatic carbocycles. The van der Waals surface area contributed by atoms with Gasteiger partial charge in [0.2, 0.25) is 5.89 Å². The molecule has 1 fully saturated rings. The van der Waals surface area contributed by atoms with E-state index in [1.54, 1.807) is 17.2 Å². The Labute approximate surface area is 240 Å². The number of aliphatic carboxylic acids is 1. The molecular formula is C30H32BrN3O4S. The molecule has 1 saturated heterocycles. The maximum Gasteiger partial charge on any atom is 0.329 e. The molecule has 5 rings (SSSR count). The van der Waals surface area contributed by atoms with E-state index in [2.05, 4.69) is 20.9 Å². The van der Waals surface area contributed by atoms with Crippen LogP contribution in [0.4, 0.5) is 0 Å². The van der Waals surface area contributed by atoms with Crippen molar-refractivity contribution in [3.05, 3.63) is 80.5 Å². The first-order valence-electron chi connectivity index (χ1n) is 13.0. The Kier molecular flexibility index (Phi) is 7.18. The second-order valence-electron chi connectivity index (χ2n) is 11.7.